The van der Waals surface area contributed by atoms with Crippen LogP contribution >= 0.6 is 0 Å². The molecule has 112 valence electrons. The van der Waals surface area contributed by atoms with Gasteiger partial charge in [0.1, 0.15) is 0 Å². The standard InChI is InChI=1S/C14H16N2O4S/c1-20-14(17)7-4-8-21(18,19)16-12-9-11-5-2-3-6-13(11)15-10-12/h2-3,5-6,9-10,16H,4,7-8H2,1H3. The van der Waals surface area contributed by atoms with Gasteiger partial charge in [0.05, 0.1) is 30.3 Å². The van der Waals surface area contributed by atoms with E-state index < -0.39 is 16.0 Å². The van der Waals surface area contributed by atoms with E-state index in [1.54, 1.807) is 6.07 Å². The van der Waals surface area contributed by atoms with Crippen LogP contribution in [0.2, 0.25) is 0 Å². The van der Waals surface area contributed by atoms with Crippen LogP contribution < -0.4 is 4.72 Å². The first-order valence-corrected chi connectivity index (χ1v) is 8.07. The van der Waals surface area contributed by atoms with E-state index in [2.05, 4.69) is 14.4 Å². The second-order valence-corrected chi connectivity index (χ2v) is 6.36. The van der Waals surface area contributed by atoms with Crippen LogP contribution in [0.1, 0.15) is 12.8 Å². The molecule has 0 atom stereocenters. The molecule has 0 bridgehead atoms. The lowest BCUT2D eigenvalue weighted by molar-refractivity contribution is -0.140. The molecule has 0 spiro atoms. The SMILES string of the molecule is COC(=O)CCCS(=O)(=O)Nc1cnc2ccccc2c1. The quantitative estimate of drug-likeness (QED) is 0.824. The summed E-state index contributed by atoms with van der Waals surface area (Å²) >= 11 is 0. The molecule has 1 aromatic heterocycles. The zero-order chi connectivity index (χ0) is 15.3. The number of nitrogens with one attached hydrogen (secondary N) is 1. The molecule has 0 unspecified atom stereocenters. The summed E-state index contributed by atoms with van der Waals surface area (Å²) in [5.74, 6) is -0.563. The van der Waals surface area contributed by atoms with E-state index in [1.165, 1.54) is 13.3 Å². The maximum atomic E-state index is 11.9. The Balaban J connectivity index is 2.02. The van der Waals surface area contributed by atoms with Gasteiger partial charge in [-0.1, -0.05) is 18.2 Å². The number of ether oxygens (including phenoxy) is 1. The topological polar surface area (TPSA) is 85.4 Å². The minimum Gasteiger partial charge on any atom is -0.469 e. The van der Waals surface area contributed by atoms with Crippen molar-refractivity contribution in [1.29, 1.82) is 0 Å². The maximum Gasteiger partial charge on any atom is 0.305 e. The van der Waals surface area contributed by atoms with Crippen molar-refractivity contribution in [1.82, 2.24) is 4.98 Å². The fourth-order valence-electron chi connectivity index (χ4n) is 1.87. The van der Waals surface area contributed by atoms with Crippen LogP contribution in [0.5, 0.6) is 0 Å². The highest BCUT2D eigenvalue weighted by Gasteiger charge is 2.12. The van der Waals surface area contributed by atoms with Gasteiger partial charge >= 0.3 is 5.97 Å². The number of sulfonamides is 1. The first-order chi connectivity index (χ1) is 10.00. The monoisotopic (exact) mass is 308 g/mol. The number of anilines is 1. The molecule has 1 heterocycles. The van der Waals surface area contributed by atoms with Crippen LogP contribution in [0.4, 0.5) is 5.69 Å². The number of nitrogens with zero attached hydrogens (tertiary/aromatic N) is 1. The summed E-state index contributed by atoms with van der Waals surface area (Å²) in [6.07, 6.45) is 1.76. The molecular formula is C14H16N2O4S. The highest BCUT2D eigenvalue weighted by atomic mass is 32.2. The number of carbonyl (C=O) groups excluding carboxylic acids is 1. The second-order valence-electron chi connectivity index (χ2n) is 4.52. The van der Waals surface area contributed by atoms with Crippen molar-refractivity contribution in [3.63, 3.8) is 0 Å². The minimum absolute atomic E-state index is 0.0768. The molecule has 6 nitrogen and oxygen atoms in total. The number of hydrogen-bond donors (Lipinski definition) is 1. The Labute approximate surface area is 123 Å². The van der Waals surface area contributed by atoms with Crippen molar-refractivity contribution >= 4 is 32.6 Å². The molecule has 0 aliphatic carbocycles. The molecule has 0 fully saturated rings. The summed E-state index contributed by atoms with van der Waals surface area (Å²) in [5, 5.41) is 0.854. The molecule has 21 heavy (non-hydrogen) atoms. The van der Waals surface area contributed by atoms with Crippen LogP contribution in [0.25, 0.3) is 10.9 Å². The number of benzene rings is 1. The molecule has 0 aliphatic heterocycles. The van der Waals surface area contributed by atoms with Crippen molar-refractivity contribution in [3.8, 4) is 0 Å². The van der Waals surface area contributed by atoms with Gasteiger partial charge in [0.2, 0.25) is 10.0 Å². The highest BCUT2D eigenvalue weighted by Crippen LogP contribution is 2.17. The lowest BCUT2D eigenvalue weighted by atomic mass is 10.2. The Kier molecular flexibility index (Phi) is 4.74. The predicted octanol–water partition coefficient (Wildman–Crippen LogP) is 1.93. The summed E-state index contributed by atoms with van der Waals surface area (Å²) in [6, 6.07) is 9.16. The Morgan fingerprint density at radius 1 is 1.33 bits per heavy atom. The fraction of sp³-hybridized carbons (Fsp3) is 0.286. The zero-order valence-electron chi connectivity index (χ0n) is 11.6. The molecule has 0 amide bonds. The molecule has 7 heteroatoms. The van der Waals surface area contributed by atoms with Crippen molar-refractivity contribution in [3.05, 3.63) is 36.5 Å². The van der Waals surface area contributed by atoms with Gasteiger partial charge in [-0.3, -0.25) is 14.5 Å². The Morgan fingerprint density at radius 3 is 2.86 bits per heavy atom. The third-order valence-electron chi connectivity index (χ3n) is 2.89. The normalized spacial score (nSPS) is 11.3. The van der Waals surface area contributed by atoms with Crippen molar-refractivity contribution in [2.75, 3.05) is 17.6 Å². The van der Waals surface area contributed by atoms with Gasteiger partial charge in [-0.05, 0) is 18.6 Å². The van der Waals surface area contributed by atoms with Gasteiger partial charge in [-0.25, -0.2) is 8.42 Å². The average molecular weight is 308 g/mol. The summed E-state index contributed by atoms with van der Waals surface area (Å²) in [7, 11) is -2.23. The van der Waals surface area contributed by atoms with Gasteiger partial charge in [0.15, 0.2) is 0 Å². The minimum atomic E-state index is -3.50. The average Bonchev–Trinajstić information content (AvgIpc) is 2.46. The Hall–Kier alpha value is -2.15. The highest BCUT2D eigenvalue weighted by molar-refractivity contribution is 7.92. The van der Waals surface area contributed by atoms with Crippen LogP contribution in [0, 0.1) is 0 Å². The smallest absolute Gasteiger partial charge is 0.305 e. The van der Waals surface area contributed by atoms with E-state index in [9.17, 15) is 13.2 Å². The number of fused-ring (bicyclic) bond motifs is 1. The van der Waals surface area contributed by atoms with Gasteiger partial charge < -0.3 is 4.74 Å². The van der Waals surface area contributed by atoms with E-state index in [1.807, 2.05) is 24.3 Å². The number of para-hydroxylation sites is 1. The number of pyridine rings is 1. The number of aromatic nitrogens is 1. The third kappa shape index (κ3) is 4.42. The zero-order valence-corrected chi connectivity index (χ0v) is 12.4. The summed E-state index contributed by atoms with van der Waals surface area (Å²) in [6.45, 7) is 0. The number of esters is 1. The van der Waals surface area contributed by atoms with Crippen LogP contribution in [0.15, 0.2) is 36.5 Å². The number of rotatable bonds is 6. The van der Waals surface area contributed by atoms with Crippen molar-refractivity contribution in [2.24, 2.45) is 0 Å². The predicted molar refractivity (Wildman–Crippen MR) is 80.4 cm³/mol. The molecule has 0 saturated carbocycles. The maximum absolute atomic E-state index is 11.9. The van der Waals surface area contributed by atoms with E-state index in [0.29, 0.717) is 5.69 Å². The van der Waals surface area contributed by atoms with E-state index >= 15 is 0 Å². The van der Waals surface area contributed by atoms with Crippen molar-refractivity contribution in [2.45, 2.75) is 12.8 Å². The Bertz CT molecular complexity index is 743. The lowest BCUT2D eigenvalue weighted by Gasteiger charge is -2.08. The molecule has 2 rings (SSSR count). The number of hydrogen-bond acceptors (Lipinski definition) is 5. The molecule has 1 aromatic carbocycles. The van der Waals surface area contributed by atoms with Gasteiger partial charge in [0.25, 0.3) is 0 Å². The largest absolute Gasteiger partial charge is 0.469 e. The lowest BCUT2D eigenvalue weighted by Crippen LogP contribution is -2.17. The van der Waals surface area contributed by atoms with Gasteiger partial charge in [-0.2, -0.15) is 0 Å². The molecule has 0 radical (unpaired) electrons. The van der Waals surface area contributed by atoms with Crippen LogP contribution in [0.3, 0.4) is 0 Å². The molecule has 2 aromatic rings. The number of methoxy groups -OCH3 is 1. The van der Waals surface area contributed by atoms with E-state index in [-0.39, 0.29) is 18.6 Å². The van der Waals surface area contributed by atoms with E-state index in [4.69, 9.17) is 0 Å². The van der Waals surface area contributed by atoms with Crippen molar-refractivity contribution < 1.29 is 17.9 Å². The van der Waals surface area contributed by atoms with Gasteiger partial charge in [-0.15, -0.1) is 0 Å². The first kappa shape index (κ1) is 15.2. The second kappa shape index (κ2) is 6.53. The summed E-state index contributed by atoms with van der Waals surface area (Å²) in [4.78, 5) is 15.1. The molecule has 0 aliphatic rings. The van der Waals surface area contributed by atoms with Gasteiger partial charge in [0, 0.05) is 11.8 Å². The van der Waals surface area contributed by atoms with Crippen LogP contribution in [-0.2, 0) is 19.6 Å². The van der Waals surface area contributed by atoms with E-state index in [0.717, 1.165) is 10.9 Å². The fourth-order valence-corrected chi connectivity index (χ4v) is 2.96. The molecule has 1 N–H and O–H groups in total. The first-order valence-electron chi connectivity index (χ1n) is 6.42. The summed E-state index contributed by atoms with van der Waals surface area (Å²) < 4.78 is 30.8. The number of carbonyl (C=O) groups is 1. The summed E-state index contributed by atoms with van der Waals surface area (Å²) in [5.41, 5.74) is 1.21. The molecule has 0 saturated heterocycles. The third-order valence-corrected chi connectivity index (χ3v) is 4.26. The molecular weight excluding hydrogens is 292 g/mol. The Morgan fingerprint density at radius 2 is 2.10 bits per heavy atom. The van der Waals surface area contributed by atoms with Crippen LogP contribution in [-0.4, -0.2) is 32.2 Å².